The van der Waals surface area contributed by atoms with E-state index in [2.05, 4.69) is 37.2 Å². The lowest BCUT2D eigenvalue weighted by Crippen LogP contribution is -2.54. The molecule has 4 amide bonds. The Hall–Kier alpha value is -2.45. The van der Waals surface area contributed by atoms with E-state index < -0.39 is 17.8 Å². The summed E-state index contributed by atoms with van der Waals surface area (Å²) in [6.45, 7) is 6.11. The molecular formula is C21H18Br2N2O4. The largest absolute Gasteiger partial charge is 0.492 e. The molecule has 0 aromatic heterocycles. The normalized spacial score (nSPS) is 15.7. The Kier molecular flexibility index (Phi) is 6.24. The molecule has 29 heavy (non-hydrogen) atoms. The molecule has 1 aliphatic rings. The fraction of sp³-hybridized carbons (Fsp3) is 0.190. The summed E-state index contributed by atoms with van der Waals surface area (Å²) < 4.78 is 6.90. The maximum absolute atomic E-state index is 13.0. The quantitative estimate of drug-likeness (QED) is 0.459. The van der Waals surface area contributed by atoms with Crippen molar-refractivity contribution in [3.8, 4) is 5.75 Å². The molecule has 1 N–H and O–H groups in total. The molecule has 6 nitrogen and oxygen atoms in total. The van der Waals surface area contributed by atoms with Crippen LogP contribution in [0.4, 0.5) is 10.5 Å². The van der Waals surface area contributed by atoms with E-state index in [1.165, 1.54) is 6.08 Å². The fourth-order valence-corrected chi connectivity index (χ4v) is 4.53. The molecule has 0 unspecified atom stereocenters. The number of carbonyl (C=O) groups excluding carboxylic acids is 3. The minimum Gasteiger partial charge on any atom is -0.492 e. The molecule has 1 saturated heterocycles. The van der Waals surface area contributed by atoms with Crippen molar-refractivity contribution in [2.24, 2.45) is 0 Å². The van der Waals surface area contributed by atoms with Crippen LogP contribution >= 0.6 is 31.9 Å². The van der Waals surface area contributed by atoms with E-state index >= 15 is 0 Å². The lowest BCUT2D eigenvalue weighted by Gasteiger charge is -2.27. The van der Waals surface area contributed by atoms with E-state index in [0.717, 1.165) is 16.0 Å². The van der Waals surface area contributed by atoms with Gasteiger partial charge in [0, 0.05) is 0 Å². The summed E-state index contributed by atoms with van der Waals surface area (Å²) in [5.41, 5.74) is 2.69. The van der Waals surface area contributed by atoms with Crippen molar-refractivity contribution >= 4 is 61.5 Å². The molecule has 1 fully saturated rings. The summed E-state index contributed by atoms with van der Waals surface area (Å²) in [5, 5.41) is 2.24. The number of urea groups is 1. The maximum Gasteiger partial charge on any atom is 0.335 e. The van der Waals surface area contributed by atoms with Gasteiger partial charge in [0.1, 0.15) is 11.3 Å². The van der Waals surface area contributed by atoms with Gasteiger partial charge in [-0.05, 0) is 99.7 Å². The topological polar surface area (TPSA) is 75.7 Å². The van der Waals surface area contributed by atoms with Crippen molar-refractivity contribution in [2.45, 2.75) is 20.8 Å². The average Bonchev–Trinajstić information content (AvgIpc) is 2.61. The number of imide groups is 2. The minimum atomic E-state index is -0.767. The molecule has 0 bridgehead atoms. The average molecular weight is 522 g/mol. The third-order valence-corrected chi connectivity index (χ3v) is 5.36. The number of hydrogen-bond donors (Lipinski definition) is 1. The Labute approximate surface area is 185 Å². The van der Waals surface area contributed by atoms with E-state index in [9.17, 15) is 14.4 Å². The zero-order valence-electron chi connectivity index (χ0n) is 16.0. The van der Waals surface area contributed by atoms with Crippen LogP contribution in [0.2, 0.25) is 0 Å². The number of nitrogens with zero attached hydrogens (tertiary/aromatic N) is 1. The van der Waals surface area contributed by atoms with Gasteiger partial charge in [0.05, 0.1) is 21.2 Å². The van der Waals surface area contributed by atoms with Crippen LogP contribution in [0.1, 0.15) is 23.6 Å². The summed E-state index contributed by atoms with van der Waals surface area (Å²) in [5.74, 6) is -0.784. The smallest absolute Gasteiger partial charge is 0.335 e. The highest BCUT2D eigenvalue weighted by Gasteiger charge is 2.37. The highest BCUT2D eigenvalue weighted by Crippen LogP contribution is 2.35. The first-order valence-electron chi connectivity index (χ1n) is 8.83. The monoisotopic (exact) mass is 520 g/mol. The third kappa shape index (κ3) is 4.43. The van der Waals surface area contributed by atoms with Crippen LogP contribution in [0.3, 0.4) is 0 Å². The Morgan fingerprint density at radius 1 is 1.00 bits per heavy atom. The standard InChI is InChI=1S/C21H18Br2N2O4/c1-4-29-18-16(22)9-13(10-17(18)23)8-15-19(26)24-21(28)25(20(15)27)14-6-11(2)5-12(3)7-14/h5-10H,4H2,1-3H3,(H,24,26,28)/b15-8+. The second-order valence-corrected chi connectivity index (χ2v) is 8.26. The van der Waals surface area contributed by atoms with Crippen LogP contribution in [-0.2, 0) is 9.59 Å². The van der Waals surface area contributed by atoms with Crippen molar-refractivity contribution in [2.75, 3.05) is 11.5 Å². The number of aryl methyl sites for hydroxylation is 2. The lowest BCUT2D eigenvalue weighted by atomic mass is 10.1. The van der Waals surface area contributed by atoms with E-state index in [-0.39, 0.29) is 5.57 Å². The summed E-state index contributed by atoms with van der Waals surface area (Å²) in [7, 11) is 0. The fourth-order valence-electron chi connectivity index (χ4n) is 3.08. The first-order chi connectivity index (χ1) is 13.7. The number of benzene rings is 2. The van der Waals surface area contributed by atoms with Crippen LogP contribution < -0.4 is 15.0 Å². The van der Waals surface area contributed by atoms with Gasteiger partial charge in [-0.3, -0.25) is 14.9 Å². The maximum atomic E-state index is 13.0. The number of ether oxygens (including phenoxy) is 1. The van der Waals surface area contributed by atoms with Crippen LogP contribution in [-0.4, -0.2) is 24.5 Å². The number of amides is 4. The first kappa shape index (κ1) is 21.3. The zero-order valence-corrected chi connectivity index (χ0v) is 19.2. The van der Waals surface area contributed by atoms with Crippen LogP contribution in [0.5, 0.6) is 5.75 Å². The van der Waals surface area contributed by atoms with Gasteiger partial charge in [-0.25, -0.2) is 9.69 Å². The van der Waals surface area contributed by atoms with Crippen molar-refractivity contribution in [3.05, 3.63) is 61.5 Å². The molecule has 1 aliphatic heterocycles. The van der Waals surface area contributed by atoms with Gasteiger partial charge in [-0.15, -0.1) is 0 Å². The van der Waals surface area contributed by atoms with Crippen molar-refractivity contribution in [1.82, 2.24) is 5.32 Å². The van der Waals surface area contributed by atoms with E-state index in [4.69, 9.17) is 4.74 Å². The second kappa shape index (κ2) is 8.51. The molecule has 3 rings (SSSR count). The summed E-state index contributed by atoms with van der Waals surface area (Å²) in [6.07, 6.45) is 1.45. The molecule has 2 aromatic rings. The van der Waals surface area contributed by atoms with Crippen LogP contribution in [0, 0.1) is 13.8 Å². The number of hydrogen-bond acceptors (Lipinski definition) is 4. The summed E-state index contributed by atoms with van der Waals surface area (Å²) in [6, 6.07) is 8.09. The third-order valence-electron chi connectivity index (χ3n) is 4.19. The summed E-state index contributed by atoms with van der Waals surface area (Å²) >= 11 is 6.87. The molecule has 0 aliphatic carbocycles. The Balaban J connectivity index is 2.04. The Morgan fingerprint density at radius 3 is 2.14 bits per heavy atom. The van der Waals surface area contributed by atoms with Gasteiger partial charge in [0.25, 0.3) is 11.8 Å². The molecule has 8 heteroatoms. The number of barbiturate groups is 1. The molecule has 0 atom stereocenters. The molecule has 1 heterocycles. The van der Waals surface area contributed by atoms with Gasteiger partial charge in [-0.1, -0.05) is 6.07 Å². The molecule has 0 radical (unpaired) electrons. The first-order valence-corrected chi connectivity index (χ1v) is 10.4. The second-order valence-electron chi connectivity index (χ2n) is 6.55. The molecule has 150 valence electrons. The number of nitrogens with one attached hydrogen (secondary N) is 1. The number of rotatable bonds is 4. The van der Waals surface area contributed by atoms with E-state index in [1.807, 2.05) is 26.8 Å². The molecule has 0 saturated carbocycles. The minimum absolute atomic E-state index is 0.133. The molecule has 2 aromatic carbocycles. The Bertz CT molecular complexity index is 1020. The van der Waals surface area contributed by atoms with Crippen LogP contribution in [0.15, 0.2) is 44.9 Å². The Morgan fingerprint density at radius 2 is 1.59 bits per heavy atom. The molecule has 0 spiro atoms. The SMILES string of the molecule is CCOc1c(Br)cc(/C=C2\C(=O)NC(=O)N(c3cc(C)cc(C)c3)C2=O)cc1Br. The van der Waals surface area contributed by atoms with Crippen molar-refractivity contribution in [3.63, 3.8) is 0 Å². The predicted molar refractivity (Wildman–Crippen MR) is 118 cm³/mol. The van der Waals surface area contributed by atoms with Gasteiger partial charge < -0.3 is 4.74 Å². The summed E-state index contributed by atoms with van der Waals surface area (Å²) in [4.78, 5) is 38.8. The van der Waals surface area contributed by atoms with Gasteiger partial charge in [0.15, 0.2) is 0 Å². The number of halogens is 2. The number of anilines is 1. The highest BCUT2D eigenvalue weighted by atomic mass is 79.9. The lowest BCUT2D eigenvalue weighted by molar-refractivity contribution is -0.122. The van der Waals surface area contributed by atoms with Gasteiger partial charge >= 0.3 is 6.03 Å². The van der Waals surface area contributed by atoms with Gasteiger partial charge in [0.2, 0.25) is 0 Å². The van der Waals surface area contributed by atoms with Crippen molar-refractivity contribution in [1.29, 1.82) is 0 Å². The van der Waals surface area contributed by atoms with Crippen LogP contribution in [0.25, 0.3) is 6.08 Å². The van der Waals surface area contributed by atoms with Gasteiger partial charge in [-0.2, -0.15) is 0 Å². The van der Waals surface area contributed by atoms with Crippen molar-refractivity contribution < 1.29 is 19.1 Å². The predicted octanol–water partition coefficient (Wildman–Crippen LogP) is 4.89. The zero-order chi connectivity index (χ0) is 21.3. The van der Waals surface area contributed by atoms with E-state index in [1.54, 1.807) is 24.3 Å². The van der Waals surface area contributed by atoms with E-state index in [0.29, 0.717) is 32.6 Å². The highest BCUT2D eigenvalue weighted by molar-refractivity contribution is 9.11. The molecular weight excluding hydrogens is 504 g/mol. The number of carbonyl (C=O) groups is 3.